The normalized spacial score (nSPS) is 10.8. The second-order valence-corrected chi connectivity index (χ2v) is 4.14. The van der Waals surface area contributed by atoms with Crippen molar-refractivity contribution in [1.82, 2.24) is 4.98 Å². The summed E-state index contributed by atoms with van der Waals surface area (Å²) >= 11 is 0. The van der Waals surface area contributed by atoms with Crippen LogP contribution in [0.5, 0.6) is 5.75 Å². The molecule has 0 aliphatic rings. The maximum absolute atomic E-state index is 12.9. The molecule has 3 aromatic rings. The zero-order valence-electron chi connectivity index (χ0n) is 9.91. The van der Waals surface area contributed by atoms with E-state index in [1.807, 2.05) is 24.3 Å². The maximum atomic E-state index is 12.9. The van der Waals surface area contributed by atoms with Crippen LogP contribution in [0.3, 0.4) is 0 Å². The molecule has 0 bridgehead atoms. The third-order valence-electron chi connectivity index (χ3n) is 2.98. The average molecular weight is 241 g/mol. The smallest absolute Gasteiger partial charge is 0.123 e. The van der Waals surface area contributed by atoms with E-state index in [0.717, 1.165) is 27.9 Å². The van der Waals surface area contributed by atoms with Gasteiger partial charge in [0.2, 0.25) is 0 Å². The van der Waals surface area contributed by atoms with Crippen LogP contribution >= 0.6 is 0 Å². The van der Waals surface area contributed by atoms with Gasteiger partial charge in [-0.2, -0.15) is 0 Å². The van der Waals surface area contributed by atoms with Gasteiger partial charge < -0.3 is 9.72 Å². The Morgan fingerprint density at radius 1 is 1.00 bits per heavy atom. The van der Waals surface area contributed by atoms with Crippen LogP contribution in [0, 0.1) is 5.82 Å². The Bertz CT molecular complexity index is 685. The number of aromatic amines is 1. The Labute approximate surface area is 104 Å². The number of benzene rings is 2. The van der Waals surface area contributed by atoms with Crippen LogP contribution in [-0.4, -0.2) is 12.1 Å². The molecule has 0 saturated carbocycles. The lowest BCUT2D eigenvalue weighted by Gasteiger charge is -1.98. The largest absolute Gasteiger partial charge is 0.497 e. The molecule has 0 amide bonds. The molecule has 90 valence electrons. The molecule has 0 unspecified atom stereocenters. The summed E-state index contributed by atoms with van der Waals surface area (Å²) in [6, 6.07) is 14.4. The second-order valence-electron chi connectivity index (χ2n) is 4.14. The van der Waals surface area contributed by atoms with Gasteiger partial charge in [0.1, 0.15) is 11.6 Å². The molecule has 0 radical (unpaired) electrons. The molecule has 0 fully saturated rings. The Balaban J connectivity index is 2.10. The van der Waals surface area contributed by atoms with Gasteiger partial charge in [-0.1, -0.05) is 0 Å². The van der Waals surface area contributed by atoms with Crippen molar-refractivity contribution in [2.75, 3.05) is 7.11 Å². The topological polar surface area (TPSA) is 25.0 Å². The Morgan fingerprint density at radius 2 is 1.78 bits per heavy atom. The number of H-pyrrole nitrogens is 1. The molecule has 18 heavy (non-hydrogen) atoms. The van der Waals surface area contributed by atoms with Crippen molar-refractivity contribution in [3.63, 3.8) is 0 Å². The molecule has 1 aromatic heterocycles. The van der Waals surface area contributed by atoms with Crippen molar-refractivity contribution in [2.45, 2.75) is 0 Å². The van der Waals surface area contributed by atoms with E-state index >= 15 is 0 Å². The predicted octanol–water partition coefficient (Wildman–Crippen LogP) is 3.98. The van der Waals surface area contributed by atoms with Gasteiger partial charge >= 0.3 is 0 Å². The van der Waals surface area contributed by atoms with E-state index in [4.69, 9.17) is 4.74 Å². The van der Waals surface area contributed by atoms with Gasteiger partial charge in [-0.15, -0.1) is 0 Å². The van der Waals surface area contributed by atoms with E-state index < -0.39 is 0 Å². The van der Waals surface area contributed by atoms with Gasteiger partial charge in [-0.25, -0.2) is 4.39 Å². The van der Waals surface area contributed by atoms with Crippen LogP contribution in [-0.2, 0) is 0 Å². The predicted molar refractivity (Wildman–Crippen MR) is 70.2 cm³/mol. The van der Waals surface area contributed by atoms with Gasteiger partial charge in [-0.3, -0.25) is 0 Å². The summed E-state index contributed by atoms with van der Waals surface area (Å²) in [5.41, 5.74) is 2.94. The van der Waals surface area contributed by atoms with Crippen molar-refractivity contribution in [1.29, 1.82) is 0 Å². The Morgan fingerprint density at radius 3 is 2.50 bits per heavy atom. The molecule has 3 rings (SSSR count). The molecular weight excluding hydrogens is 229 g/mol. The SMILES string of the molecule is COc1ccc2cc(-c3ccc(F)cc3)[nH]c2c1. The maximum Gasteiger partial charge on any atom is 0.123 e. The lowest BCUT2D eigenvalue weighted by Crippen LogP contribution is -1.81. The quantitative estimate of drug-likeness (QED) is 0.721. The highest BCUT2D eigenvalue weighted by atomic mass is 19.1. The first-order valence-electron chi connectivity index (χ1n) is 5.69. The highest BCUT2D eigenvalue weighted by Crippen LogP contribution is 2.26. The van der Waals surface area contributed by atoms with Gasteiger partial charge in [-0.05, 0) is 48.0 Å². The second kappa shape index (κ2) is 4.18. The third-order valence-corrected chi connectivity index (χ3v) is 2.98. The van der Waals surface area contributed by atoms with Crippen LogP contribution in [0.1, 0.15) is 0 Å². The summed E-state index contributed by atoms with van der Waals surface area (Å²) in [6.07, 6.45) is 0. The molecule has 0 spiro atoms. The molecule has 0 aliphatic heterocycles. The number of aromatic nitrogens is 1. The number of rotatable bonds is 2. The van der Waals surface area contributed by atoms with Crippen LogP contribution in [0.25, 0.3) is 22.2 Å². The van der Waals surface area contributed by atoms with E-state index in [1.165, 1.54) is 12.1 Å². The summed E-state index contributed by atoms with van der Waals surface area (Å²) in [4.78, 5) is 3.30. The van der Waals surface area contributed by atoms with Crippen molar-refractivity contribution in [2.24, 2.45) is 0 Å². The summed E-state index contributed by atoms with van der Waals surface area (Å²) in [7, 11) is 1.64. The van der Waals surface area contributed by atoms with Crippen molar-refractivity contribution >= 4 is 10.9 Å². The van der Waals surface area contributed by atoms with E-state index in [1.54, 1.807) is 19.2 Å². The first-order valence-corrected chi connectivity index (χ1v) is 5.69. The molecule has 1 N–H and O–H groups in total. The fraction of sp³-hybridized carbons (Fsp3) is 0.0667. The molecular formula is C15H12FNO. The standard InChI is InChI=1S/C15H12FNO/c1-18-13-7-4-11-8-14(17-15(11)9-13)10-2-5-12(16)6-3-10/h2-9,17H,1H3. The lowest BCUT2D eigenvalue weighted by molar-refractivity contribution is 0.415. The fourth-order valence-electron chi connectivity index (χ4n) is 2.02. The lowest BCUT2D eigenvalue weighted by atomic mass is 10.1. The summed E-state index contributed by atoms with van der Waals surface area (Å²) < 4.78 is 18.1. The number of hydrogen-bond donors (Lipinski definition) is 1. The number of nitrogens with one attached hydrogen (secondary N) is 1. The molecule has 0 saturated heterocycles. The number of ether oxygens (including phenoxy) is 1. The summed E-state index contributed by atoms with van der Waals surface area (Å²) in [5, 5.41) is 1.11. The van der Waals surface area contributed by atoms with E-state index in [0.29, 0.717) is 0 Å². The Kier molecular flexibility index (Phi) is 2.52. The average Bonchev–Trinajstić information content (AvgIpc) is 2.82. The van der Waals surface area contributed by atoms with Crippen LogP contribution in [0.4, 0.5) is 4.39 Å². The molecule has 2 aromatic carbocycles. The monoisotopic (exact) mass is 241 g/mol. The van der Waals surface area contributed by atoms with Gasteiger partial charge in [0.25, 0.3) is 0 Å². The molecule has 0 aliphatic carbocycles. The fourth-order valence-corrected chi connectivity index (χ4v) is 2.02. The number of halogens is 1. The van der Waals surface area contributed by atoms with E-state index in [9.17, 15) is 4.39 Å². The van der Waals surface area contributed by atoms with E-state index in [-0.39, 0.29) is 5.82 Å². The highest BCUT2D eigenvalue weighted by Gasteiger charge is 2.04. The molecule has 0 atom stereocenters. The molecule has 3 heteroatoms. The van der Waals surface area contributed by atoms with Gasteiger partial charge in [0, 0.05) is 22.7 Å². The van der Waals surface area contributed by atoms with E-state index in [2.05, 4.69) is 4.98 Å². The molecule has 2 nitrogen and oxygen atoms in total. The van der Waals surface area contributed by atoms with Gasteiger partial charge in [0.15, 0.2) is 0 Å². The van der Waals surface area contributed by atoms with Crippen LogP contribution in [0.15, 0.2) is 48.5 Å². The van der Waals surface area contributed by atoms with Crippen LogP contribution < -0.4 is 4.74 Å². The van der Waals surface area contributed by atoms with Gasteiger partial charge in [0.05, 0.1) is 7.11 Å². The summed E-state index contributed by atoms with van der Waals surface area (Å²) in [6.45, 7) is 0. The third kappa shape index (κ3) is 1.84. The van der Waals surface area contributed by atoms with Crippen molar-refractivity contribution in [3.8, 4) is 17.0 Å². The van der Waals surface area contributed by atoms with Crippen LogP contribution in [0.2, 0.25) is 0 Å². The van der Waals surface area contributed by atoms with Crippen molar-refractivity contribution in [3.05, 3.63) is 54.3 Å². The number of fused-ring (bicyclic) bond motifs is 1. The minimum atomic E-state index is -0.225. The minimum absolute atomic E-state index is 0.225. The zero-order valence-corrected chi connectivity index (χ0v) is 9.91. The highest BCUT2D eigenvalue weighted by molar-refractivity contribution is 5.86. The number of methoxy groups -OCH3 is 1. The summed E-state index contributed by atoms with van der Waals surface area (Å²) in [5.74, 6) is 0.589. The molecule has 1 heterocycles. The van der Waals surface area contributed by atoms with Crippen molar-refractivity contribution < 1.29 is 9.13 Å². The Hall–Kier alpha value is -2.29. The zero-order chi connectivity index (χ0) is 12.5. The minimum Gasteiger partial charge on any atom is -0.497 e. The first kappa shape index (κ1) is 10.8. The first-order chi connectivity index (χ1) is 8.76. The number of hydrogen-bond acceptors (Lipinski definition) is 1.